The smallest absolute Gasteiger partial charge is 0.263 e. The van der Waals surface area contributed by atoms with E-state index in [4.69, 9.17) is 4.74 Å². The number of rotatable bonds is 4. The van der Waals surface area contributed by atoms with Crippen LogP contribution in [-0.2, 0) is 11.2 Å². The average Bonchev–Trinajstić information content (AvgIpc) is 2.51. The number of ether oxygens (including phenoxy) is 1. The molecule has 1 atom stereocenters. The second-order valence-corrected chi connectivity index (χ2v) is 6.47. The number of unbranched alkanes of at least 4 members (excludes halogenated alkanes) is 1. The van der Waals surface area contributed by atoms with Crippen LogP contribution in [-0.4, -0.2) is 23.2 Å². The summed E-state index contributed by atoms with van der Waals surface area (Å²) >= 11 is 0. The summed E-state index contributed by atoms with van der Waals surface area (Å²) in [5.74, 6) is 1.07. The van der Waals surface area contributed by atoms with Crippen LogP contribution >= 0.6 is 0 Å². The van der Waals surface area contributed by atoms with Crippen molar-refractivity contribution >= 4 is 5.91 Å². The quantitative estimate of drug-likeness (QED) is 0.839. The Bertz CT molecular complexity index is 595. The number of amides is 1. The van der Waals surface area contributed by atoms with E-state index >= 15 is 0 Å². The molecule has 2 rings (SSSR count). The van der Waals surface area contributed by atoms with E-state index in [2.05, 4.69) is 12.2 Å². The number of phenolic OH excluding ortho intramolecular Hbond substituents is 1. The van der Waals surface area contributed by atoms with E-state index in [-0.39, 0.29) is 5.91 Å². The van der Waals surface area contributed by atoms with Crippen LogP contribution in [0.3, 0.4) is 0 Å². The number of nitrogens with one attached hydrogen (secondary N) is 1. The number of carbonyl (C=O) groups excluding carboxylic acids is 1. The molecule has 0 fully saturated rings. The van der Waals surface area contributed by atoms with Crippen LogP contribution in [0.15, 0.2) is 0 Å². The van der Waals surface area contributed by atoms with Gasteiger partial charge in [0, 0.05) is 18.5 Å². The topological polar surface area (TPSA) is 58.6 Å². The lowest BCUT2D eigenvalue weighted by Crippen LogP contribution is -2.51. The van der Waals surface area contributed by atoms with Crippen molar-refractivity contribution in [2.24, 2.45) is 0 Å². The Morgan fingerprint density at radius 1 is 1.27 bits per heavy atom. The molecule has 0 aromatic heterocycles. The van der Waals surface area contributed by atoms with Gasteiger partial charge in [0.05, 0.1) is 0 Å². The number of fused-ring (bicyclic) bond motifs is 1. The molecule has 122 valence electrons. The molecule has 0 bridgehead atoms. The third-order valence-corrected chi connectivity index (χ3v) is 4.82. The first-order chi connectivity index (χ1) is 10.3. The van der Waals surface area contributed by atoms with E-state index in [1.165, 1.54) is 0 Å². The van der Waals surface area contributed by atoms with Crippen molar-refractivity contribution in [1.82, 2.24) is 5.32 Å². The molecule has 1 aliphatic rings. The van der Waals surface area contributed by atoms with Crippen molar-refractivity contribution in [2.45, 2.75) is 65.9 Å². The standard InChI is InChI=1S/C18H27NO3/c1-6-7-10-19-17(21)18(5)9-8-14-13(4)15(20)11(2)12(3)16(14)22-18/h20H,6-10H2,1-5H3,(H,19,21). The highest BCUT2D eigenvalue weighted by molar-refractivity contribution is 5.85. The molecule has 1 amide bonds. The highest BCUT2D eigenvalue weighted by Gasteiger charge is 2.40. The largest absolute Gasteiger partial charge is 0.507 e. The predicted octanol–water partition coefficient (Wildman–Crippen LogP) is 3.32. The van der Waals surface area contributed by atoms with Gasteiger partial charge in [0.1, 0.15) is 11.5 Å². The van der Waals surface area contributed by atoms with Crippen molar-refractivity contribution in [3.8, 4) is 11.5 Å². The summed E-state index contributed by atoms with van der Waals surface area (Å²) in [6.45, 7) is 10.4. The van der Waals surface area contributed by atoms with Crippen molar-refractivity contribution < 1.29 is 14.6 Å². The van der Waals surface area contributed by atoms with Gasteiger partial charge in [0.2, 0.25) is 0 Å². The highest BCUT2D eigenvalue weighted by Crippen LogP contribution is 2.43. The summed E-state index contributed by atoms with van der Waals surface area (Å²) in [7, 11) is 0. The number of phenols is 1. The molecule has 1 aromatic carbocycles. The maximum absolute atomic E-state index is 12.5. The van der Waals surface area contributed by atoms with Crippen LogP contribution in [0.2, 0.25) is 0 Å². The Morgan fingerprint density at radius 3 is 2.59 bits per heavy atom. The molecule has 1 aromatic rings. The first-order valence-electron chi connectivity index (χ1n) is 8.10. The fourth-order valence-electron chi connectivity index (χ4n) is 2.97. The summed E-state index contributed by atoms with van der Waals surface area (Å²) < 4.78 is 6.14. The van der Waals surface area contributed by atoms with Crippen molar-refractivity contribution in [1.29, 1.82) is 0 Å². The molecule has 4 heteroatoms. The summed E-state index contributed by atoms with van der Waals surface area (Å²) in [5, 5.41) is 13.2. The Kier molecular flexibility index (Phi) is 4.69. The zero-order valence-electron chi connectivity index (χ0n) is 14.3. The first kappa shape index (κ1) is 16.7. The molecule has 22 heavy (non-hydrogen) atoms. The monoisotopic (exact) mass is 305 g/mol. The average molecular weight is 305 g/mol. The Morgan fingerprint density at radius 2 is 1.95 bits per heavy atom. The van der Waals surface area contributed by atoms with Gasteiger partial charge in [-0.05, 0) is 57.2 Å². The van der Waals surface area contributed by atoms with Gasteiger partial charge >= 0.3 is 0 Å². The van der Waals surface area contributed by atoms with Gasteiger partial charge in [-0.15, -0.1) is 0 Å². The van der Waals surface area contributed by atoms with E-state index in [9.17, 15) is 9.90 Å². The summed E-state index contributed by atoms with van der Waals surface area (Å²) in [6, 6.07) is 0. The Balaban J connectivity index is 2.29. The molecule has 4 nitrogen and oxygen atoms in total. The fraction of sp³-hybridized carbons (Fsp3) is 0.611. The van der Waals surface area contributed by atoms with Crippen LogP contribution in [0.5, 0.6) is 11.5 Å². The maximum atomic E-state index is 12.5. The maximum Gasteiger partial charge on any atom is 0.263 e. The minimum absolute atomic E-state index is 0.0469. The number of carbonyl (C=O) groups is 1. The van der Waals surface area contributed by atoms with E-state index < -0.39 is 5.60 Å². The highest BCUT2D eigenvalue weighted by atomic mass is 16.5. The van der Waals surface area contributed by atoms with Crippen LogP contribution in [0.4, 0.5) is 0 Å². The molecule has 0 saturated heterocycles. The number of hydrogen-bond acceptors (Lipinski definition) is 3. The molecule has 2 N–H and O–H groups in total. The molecule has 1 heterocycles. The van der Waals surface area contributed by atoms with Crippen molar-refractivity contribution in [3.63, 3.8) is 0 Å². The van der Waals surface area contributed by atoms with Crippen LogP contribution in [0.25, 0.3) is 0 Å². The predicted molar refractivity (Wildman–Crippen MR) is 87.6 cm³/mol. The van der Waals surface area contributed by atoms with Gasteiger partial charge in [-0.1, -0.05) is 13.3 Å². The molecule has 0 aliphatic carbocycles. The first-order valence-corrected chi connectivity index (χ1v) is 8.10. The van der Waals surface area contributed by atoms with E-state index in [1.807, 2.05) is 27.7 Å². The third-order valence-electron chi connectivity index (χ3n) is 4.82. The number of hydrogen-bond donors (Lipinski definition) is 2. The molecule has 1 unspecified atom stereocenters. The molecular weight excluding hydrogens is 278 g/mol. The minimum Gasteiger partial charge on any atom is -0.507 e. The normalized spacial score (nSPS) is 20.2. The van der Waals surface area contributed by atoms with Crippen LogP contribution in [0.1, 0.15) is 55.4 Å². The minimum atomic E-state index is -0.832. The van der Waals surface area contributed by atoms with E-state index in [0.29, 0.717) is 18.7 Å². The second kappa shape index (κ2) is 6.19. The van der Waals surface area contributed by atoms with E-state index in [1.54, 1.807) is 0 Å². The molecule has 1 aliphatic heterocycles. The van der Waals surface area contributed by atoms with Crippen molar-refractivity contribution in [2.75, 3.05) is 6.54 Å². The number of aromatic hydroxyl groups is 1. The summed E-state index contributed by atoms with van der Waals surface area (Å²) in [6.07, 6.45) is 3.40. The van der Waals surface area contributed by atoms with Gasteiger partial charge in [0.25, 0.3) is 5.91 Å². The third kappa shape index (κ3) is 2.79. The lowest BCUT2D eigenvalue weighted by atomic mass is 9.86. The van der Waals surface area contributed by atoms with Crippen molar-refractivity contribution in [3.05, 3.63) is 22.3 Å². The Labute approximate surface area is 132 Å². The molecule has 0 spiro atoms. The van der Waals surface area contributed by atoms with Crippen LogP contribution < -0.4 is 10.1 Å². The van der Waals surface area contributed by atoms with Gasteiger partial charge < -0.3 is 15.2 Å². The Hall–Kier alpha value is -1.71. The lowest BCUT2D eigenvalue weighted by molar-refractivity contribution is -0.136. The van der Waals surface area contributed by atoms with Gasteiger partial charge in [-0.3, -0.25) is 4.79 Å². The van der Waals surface area contributed by atoms with Gasteiger partial charge in [-0.25, -0.2) is 0 Å². The summed E-state index contributed by atoms with van der Waals surface area (Å²) in [4.78, 5) is 12.5. The van der Waals surface area contributed by atoms with E-state index in [0.717, 1.165) is 47.3 Å². The second-order valence-electron chi connectivity index (χ2n) is 6.47. The summed E-state index contributed by atoms with van der Waals surface area (Å²) in [5.41, 5.74) is 2.81. The fourth-order valence-corrected chi connectivity index (χ4v) is 2.97. The van der Waals surface area contributed by atoms with Gasteiger partial charge in [-0.2, -0.15) is 0 Å². The van der Waals surface area contributed by atoms with Gasteiger partial charge in [0.15, 0.2) is 5.60 Å². The molecular formula is C18H27NO3. The molecule has 0 radical (unpaired) electrons. The lowest BCUT2D eigenvalue weighted by Gasteiger charge is -2.36. The zero-order valence-corrected chi connectivity index (χ0v) is 14.3. The SMILES string of the molecule is CCCCNC(=O)C1(C)CCc2c(C)c(O)c(C)c(C)c2O1. The zero-order chi connectivity index (χ0) is 16.5. The van der Waals surface area contributed by atoms with Crippen LogP contribution in [0, 0.1) is 20.8 Å². The molecule has 0 saturated carbocycles. The number of benzene rings is 1.